The molecule has 0 amide bonds. The lowest BCUT2D eigenvalue weighted by Crippen LogP contribution is -2.17. The zero-order valence-corrected chi connectivity index (χ0v) is 11.5. The van der Waals surface area contributed by atoms with Gasteiger partial charge in [0.2, 0.25) is 0 Å². The first-order valence-corrected chi connectivity index (χ1v) is 6.10. The van der Waals surface area contributed by atoms with Crippen LogP contribution in [-0.4, -0.2) is 14.2 Å². The lowest BCUT2D eigenvalue weighted by atomic mass is 9.97. The molecule has 2 aromatic rings. The van der Waals surface area contributed by atoms with Gasteiger partial charge in [0.1, 0.15) is 17.5 Å². The van der Waals surface area contributed by atoms with Gasteiger partial charge in [-0.15, -0.1) is 0 Å². The summed E-state index contributed by atoms with van der Waals surface area (Å²) in [5.41, 5.74) is 5.33. The molecule has 3 nitrogen and oxygen atoms in total. The van der Waals surface area contributed by atoms with E-state index in [0.717, 1.165) is 18.2 Å². The summed E-state index contributed by atoms with van der Waals surface area (Å²) in [6.07, 6.45) is 0. The van der Waals surface area contributed by atoms with E-state index in [1.807, 2.05) is 0 Å². The molecule has 6 heteroatoms. The van der Waals surface area contributed by atoms with Gasteiger partial charge in [0.05, 0.1) is 20.3 Å². The average Bonchev–Trinajstić information content (AvgIpc) is 2.46. The lowest BCUT2D eigenvalue weighted by Gasteiger charge is -2.17. The third kappa shape index (κ3) is 2.80. The minimum atomic E-state index is -1.30. The molecule has 112 valence electrons. The summed E-state index contributed by atoms with van der Waals surface area (Å²) in [5, 5.41) is 0. The van der Waals surface area contributed by atoms with Crippen molar-refractivity contribution in [1.29, 1.82) is 0 Å². The van der Waals surface area contributed by atoms with Crippen molar-refractivity contribution in [2.75, 3.05) is 14.2 Å². The molecule has 2 rings (SSSR count). The van der Waals surface area contributed by atoms with Gasteiger partial charge in [-0.05, 0) is 18.2 Å². The Labute approximate surface area is 120 Å². The molecule has 2 N–H and O–H groups in total. The minimum absolute atomic E-state index is 0.0864. The number of benzene rings is 2. The largest absolute Gasteiger partial charge is 0.493 e. The molecule has 0 aliphatic carbocycles. The molecule has 1 unspecified atom stereocenters. The highest BCUT2D eigenvalue weighted by Gasteiger charge is 2.23. The van der Waals surface area contributed by atoms with Crippen LogP contribution in [-0.2, 0) is 0 Å². The van der Waals surface area contributed by atoms with E-state index in [2.05, 4.69) is 0 Å². The monoisotopic (exact) mass is 297 g/mol. The molecule has 21 heavy (non-hydrogen) atoms. The highest BCUT2D eigenvalue weighted by molar-refractivity contribution is 5.47. The van der Waals surface area contributed by atoms with Crippen molar-refractivity contribution in [3.8, 4) is 11.5 Å². The van der Waals surface area contributed by atoms with Crippen LogP contribution in [0.4, 0.5) is 13.2 Å². The molecule has 0 heterocycles. The Hall–Kier alpha value is -2.21. The Morgan fingerprint density at radius 3 is 1.95 bits per heavy atom. The molecule has 0 radical (unpaired) electrons. The van der Waals surface area contributed by atoms with E-state index in [1.165, 1.54) is 26.4 Å². The van der Waals surface area contributed by atoms with Crippen LogP contribution < -0.4 is 15.2 Å². The predicted octanol–water partition coefficient (Wildman–Crippen LogP) is 3.17. The average molecular weight is 297 g/mol. The van der Waals surface area contributed by atoms with Crippen LogP contribution in [0, 0.1) is 17.5 Å². The molecule has 0 aromatic heterocycles. The molecule has 1 atom stereocenters. The standard InChI is InChI=1S/C15H14F3NO2/c1-20-12-6-8(11(18)7-13(12)21-2)15(19)14-9(16)4-3-5-10(14)17/h3-7,15H,19H2,1-2H3. The van der Waals surface area contributed by atoms with E-state index >= 15 is 0 Å². The molecule has 0 saturated heterocycles. The van der Waals surface area contributed by atoms with Crippen molar-refractivity contribution < 1.29 is 22.6 Å². The van der Waals surface area contributed by atoms with E-state index in [4.69, 9.17) is 15.2 Å². The Morgan fingerprint density at radius 1 is 0.905 bits per heavy atom. The fraction of sp³-hybridized carbons (Fsp3) is 0.200. The van der Waals surface area contributed by atoms with E-state index in [0.29, 0.717) is 0 Å². The molecule has 0 bridgehead atoms. The van der Waals surface area contributed by atoms with Crippen molar-refractivity contribution in [2.45, 2.75) is 6.04 Å². The first kappa shape index (κ1) is 15.2. The quantitative estimate of drug-likeness (QED) is 0.942. The van der Waals surface area contributed by atoms with Gasteiger partial charge in [-0.3, -0.25) is 0 Å². The topological polar surface area (TPSA) is 44.5 Å². The highest BCUT2D eigenvalue weighted by atomic mass is 19.1. The molecular weight excluding hydrogens is 283 g/mol. The van der Waals surface area contributed by atoms with Crippen molar-refractivity contribution in [2.24, 2.45) is 5.73 Å². The van der Waals surface area contributed by atoms with Crippen molar-refractivity contribution in [3.63, 3.8) is 0 Å². The summed E-state index contributed by atoms with van der Waals surface area (Å²) >= 11 is 0. The van der Waals surface area contributed by atoms with E-state index in [1.54, 1.807) is 0 Å². The number of methoxy groups -OCH3 is 2. The van der Waals surface area contributed by atoms with Crippen LogP contribution in [0.2, 0.25) is 0 Å². The van der Waals surface area contributed by atoms with Gasteiger partial charge in [-0.25, -0.2) is 13.2 Å². The third-order valence-corrected chi connectivity index (χ3v) is 3.15. The fourth-order valence-electron chi connectivity index (χ4n) is 2.07. The lowest BCUT2D eigenvalue weighted by molar-refractivity contribution is 0.351. The van der Waals surface area contributed by atoms with Crippen LogP contribution in [0.3, 0.4) is 0 Å². The fourth-order valence-corrected chi connectivity index (χ4v) is 2.07. The second kappa shape index (κ2) is 6.05. The molecule has 2 aromatic carbocycles. The smallest absolute Gasteiger partial charge is 0.163 e. The van der Waals surface area contributed by atoms with Crippen LogP contribution in [0.25, 0.3) is 0 Å². The third-order valence-electron chi connectivity index (χ3n) is 3.15. The van der Waals surface area contributed by atoms with Gasteiger partial charge in [0, 0.05) is 17.2 Å². The Kier molecular flexibility index (Phi) is 4.37. The van der Waals surface area contributed by atoms with Gasteiger partial charge in [-0.1, -0.05) is 6.07 Å². The summed E-state index contributed by atoms with van der Waals surface area (Å²) in [4.78, 5) is 0. The van der Waals surface area contributed by atoms with E-state index < -0.39 is 29.1 Å². The SMILES string of the molecule is COc1cc(F)c(C(N)c2c(F)cccc2F)cc1OC. The number of hydrogen-bond donors (Lipinski definition) is 1. The molecule has 0 saturated carbocycles. The summed E-state index contributed by atoms with van der Waals surface area (Å²) < 4.78 is 51.6. The van der Waals surface area contributed by atoms with Gasteiger partial charge in [0.15, 0.2) is 11.5 Å². The van der Waals surface area contributed by atoms with Gasteiger partial charge in [0.25, 0.3) is 0 Å². The van der Waals surface area contributed by atoms with Crippen molar-refractivity contribution in [3.05, 3.63) is 58.9 Å². The molecule has 0 spiro atoms. The number of rotatable bonds is 4. The van der Waals surface area contributed by atoms with Crippen LogP contribution in [0.15, 0.2) is 30.3 Å². The van der Waals surface area contributed by atoms with Crippen molar-refractivity contribution >= 4 is 0 Å². The van der Waals surface area contributed by atoms with Crippen molar-refractivity contribution in [1.82, 2.24) is 0 Å². The van der Waals surface area contributed by atoms with Gasteiger partial charge in [-0.2, -0.15) is 0 Å². The highest BCUT2D eigenvalue weighted by Crippen LogP contribution is 2.34. The number of hydrogen-bond acceptors (Lipinski definition) is 3. The molecule has 0 aliphatic rings. The predicted molar refractivity (Wildman–Crippen MR) is 71.9 cm³/mol. The molecule has 0 fully saturated rings. The van der Waals surface area contributed by atoms with E-state index in [-0.39, 0.29) is 17.1 Å². The zero-order chi connectivity index (χ0) is 15.6. The maximum absolute atomic E-state index is 14.1. The second-order valence-corrected chi connectivity index (χ2v) is 4.34. The van der Waals surface area contributed by atoms with E-state index in [9.17, 15) is 13.2 Å². The zero-order valence-electron chi connectivity index (χ0n) is 11.5. The normalized spacial score (nSPS) is 12.1. The molecular formula is C15H14F3NO2. The first-order valence-electron chi connectivity index (χ1n) is 6.10. The second-order valence-electron chi connectivity index (χ2n) is 4.34. The molecule has 0 aliphatic heterocycles. The minimum Gasteiger partial charge on any atom is -0.493 e. The van der Waals surface area contributed by atoms with Crippen LogP contribution >= 0.6 is 0 Å². The van der Waals surface area contributed by atoms with Gasteiger partial charge < -0.3 is 15.2 Å². The number of halogens is 3. The maximum atomic E-state index is 14.1. The number of nitrogens with two attached hydrogens (primary N) is 1. The van der Waals surface area contributed by atoms with Crippen LogP contribution in [0.1, 0.15) is 17.2 Å². The first-order chi connectivity index (χ1) is 9.99. The summed E-state index contributed by atoms with van der Waals surface area (Å²) in [5.74, 6) is -2.02. The Morgan fingerprint density at radius 2 is 1.43 bits per heavy atom. The number of ether oxygens (including phenoxy) is 2. The Bertz CT molecular complexity index is 641. The van der Waals surface area contributed by atoms with Crippen LogP contribution in [0.5, 0.6) is 11.5 Å². The van der Waals surface area contributed by atoms with Gasteiger partial charge >= 0.3 is 0 Å². The summed E-state index contributed by atoms with van der Waals surface area (Å²) in [6, 6.07) is 4.38. The summed E-state index contributed by atoms with van der Waals surface area (Å²) in [6.45, 7) is 0. The Balaban J connectivity index is 2.56. The maximum Gasteiger partial charge on any atom is 0.163 e. The summed E-state index contributed by atoms with van der Waals surface area (Å²) in [7, 11) is 2.72.